The van der Waals surface area contributed by atoms with Crippen LogP contribution in [-0.4, -0.2) is 34.9 Å². The first-order valence-corrected chi connectivity index (χ1v) is 9.66. The molecule has 1 saturated heterocycles. The Kier molecular flexibility index (Phi) is 5.48. The van der Waals surface area contributed by atoms with E-state index in [4.69, 9.17) is 4.74 Å². The average Bonchev–Trinajstić information content (AvgIpc) is 2.76. The SMILES string of the molecule is O=C(Cn1nc(-c2ccccc2)c2ccccc2c1=O)NCC1CCCCO1. The van der Waals surface area contributed by atoms with Crippen molar-refractivity contribution in [1.82, 2.24) is 15.1 Å². The molecule has 4 rings (SSSR count). The van der Waals surface area contributed by atoms with Gasteiger partial charge in [0.25, 0.3) is 5.56 Å². The van der Waals surface area contributed by atoms with E-state index in [1.807, 2.05) is 48.5 Å². The van der Waals surface area contributed by atoms with Crippen molar-refractivity contribution in [2.45, 2.75) is 31.9 Å². The first-order valence-electron chi connectivity index (χ1n) is 9.66. The molecule has 0 aliphatic carbocycles. The van der Waals surface area contributed by atoms with Crippen LogP contribution < -0.4 is 10.9 Å². The number of nitrogens with one attached hydrogen (secondary N) is 1. The lowest BCUT2D eigenvalue weighted by atomic mass is 10.1. The third-order valence-electron chi connectivity index (χ3n) is 5.01. The van der Waals surface area contributed by atoms with Crippen molar-refractivity contribution in [3.05, 3.63) is 65.0 Å². The zero-order valence-electron chi connectivity index (χ0n) is 15.6. The van der Waals surface area contributed by atoms with E-state index in [0.717, 1.165) is 36.8 Å². The van der Waals surface area contributed by atoms with Crippen molar-refractivity contribution >= 4 is 16.7 Å². The van der Waals surface area contributed by atoms with E-state index in [2.05, 4.69) is 10.4 Å². The number of nitrogens with zero attached hydrogens (tertiary/aromatic N) is 2. The van der Waals surface area contributed by atoms with Crippen molar-refractivity contribution in [2.75, 3.05) is 13.2 Å². The van der Waals surface area contributed by atoms with Crippen molar-refractivity contribution in [2.24, 2.45) is 0 Å². The van der Waals surface area contributed by atoms with Crippen LogP contribution >= 0.6 is 0 Å². The first-order chi connectivity index (χ1) is 13.7. The third-order valence-corrected chi connectivity index (χ3v) is 5.01. The summed E-state index contributed by atoms with van der Waals surface area (Å²) < 4.78 is 6.89. The fraction of sp³-hybridized carbons (Fsp3) is 0.318. The summed E-state index contributed by atoms with van der Waals surface area (Å²) in [6.45, 7) is 1.09. The summed E-state index contributed by atoms with van der Waals surface area (Å²) in [6.07, 6.45) is 3.20. The second-order valence-corrected chi connectivity index (χ2v) is 7.02. The molecule has 3 aromatic rings. The molecule has 6 heteroatoms. The predicted molar refractivity (Wildman–Crippen MR) is 108 cm³/mol. The number of rotatable bonds is 5. The molecule has 0 saturated carbocycles. The van der Waals surface area contributed by atoms with Crippen LogP contribution in [0.25, 0.3) is 22.0 Å². The predicted octanol–water partition coefficient (Wildman–Crippen LogP) is 2.75. The number of amides is 1. The molecular formula is C22H23N3O3. The van der Waals surface area contributed by atoms with Crippen molar-refractivity contribution in [3.63, 3.8) is 0 Å². The van der Waals surface area contributed by atoms with E-state index in [9.17, 15) is 9.59 Å². The van der Waals surface area contributed by atoms with Gasteiger partial charge in [0, 0.05) is 24.1 Å². The molecule has 1 atom stereocenters. The van der Waals surface area contributed by atoms with Gasteiger partial charge in [-0.1, -0.05) is 48.5 Å². The number of hydrogen-bond acceptors (Lipinski definition) is 4. The normalized spacial score (nSPS) is 16.8. The first kappa shape index (κ1) is 18.4. The van der Waals surface area contributed by atoms with Crippen LogP contribution in [0.15, 0.2) is 59.4 Å². The van der Waals surface area contributed by atoms with Gasteiger partial charge in [-0.15, -0.1) is 0 Å². The highest BCUT2D eigenvalue weighted by Gasteiger charge is 2.17. The van der Waals surface area contributed by atoms with Crippen LogP contribution in [0, 0.1) is 0 Å². The summed E-state index contributed by atoms with van der Waals surface area (Å²) in [6, 6.07) is 17.1. The smallest absolute Gasteiger partial charge is 0.275 e. The lowest BCUT2D eigenvalue weighted by molar-refractivity contribution is -0.122. The standard InChI is InChI=1S/C22H23N3O3/c26-20(23-14-17-10-6-7-13-28-17)15-25-22(27)19-12-5-4-11-18(19)21(24-25)16-8-2-1-3-9-16/h1-5,8-9,11-12,17H,6-7,10,13-15H2,(H,23,26). The van der Waals surface area contributed by atoms with Gasteiger partial charge < -0.3 is 10.1 Å². The number of carbonyl (C=O) groups excluding carboxylic acids is 1. The second kappa shape index (κ2) is 8.35. The average molecular weight is 377 g/mol. The second-order valence-electron chi connectivity index (χ2n) is 7.02. The molecule has 1 aromatic heterocycles. The summed E-state index contributed by atoms with van der Waals surface area (Å²) in [5, 5.41) is 8.73. The van der Waals surface area contributed by atoms with Gasteiger partial charge in [0.1, 0.15) is 6.54 Å². The van der Waals surface area contributed by atoms with Gasteiger partial charge in [-0.05, 0) is 25.3 Å². The molecule has 6 nitrogen and oxygen atoms in total. The van der Waals surface area contributed by atoms with Crippen molar-refractivity contribution in [1.29, 1.82) is 0 Å². The van der Waals surface area contributed by atoms with Gasteiger partial charge in [-0.2, -0.15) is 5.10 Å². The number of carbonyl (C=O) groups is 1. The lowest BCUT2D eigenvalue weighted by Gasteiger charge is -2.22. The summed E-state index contributed by atoms with van der Waals surface area (Å²) >= 11 is 0. The Hall–Kier alpha value is -2.99. The molecule has 144 valence electrons. The minimum atomic E-state index is -0.264. The minimum Gasteiger partial charge on any atom is -0.376 e. The molecular weight excluding hydrogens is 354 g/mol. The van der Waals surface area contributed by atoms with Crippen LogP contribution in [0.2, 0.25) is 0 Å². The van der Waals surface area contributed by atoms with Crippen LogP contribution in [0.5, 0.6) is 0 Å². The third kappa shape index (κ3) is 3.97. The van der Waals surface area contributed by atoms with Gasteiger partial charge in [0.2, 0.25) is 5.91 Å². The van der Waals surface area contributed by atoms with Crippen molar-refractivity contribution in [3.8, 4) is 11.3 Å². The van der Waals surface area contributed by atoms with E-state index in [-0.39, 0.29) is 24.1 Å². The molecule has 1 amide bonds. The fourth-order valence-corrected chi connectivity index (χ4v) is 3.54. The van der Waals surface area contributed by atoms with Gasteiger partial charge in [0.15, 0.2) is 0 Å². The largest absolute Gasteiger partial charge is 0.376 e. The molecule has 1 fully saturated rings. The minimum absolute atomic E-state index is 0.0545. The number of benzene rings is 2. The van der Waals surface area contributed by atoms with E-state index >= 15 is 0 Å². The maximum absolute atomic E-state index is 12.8. The topological polar surface area (TPSA) is 73.2 Å². The van der Waals surface area contributed by atoms with Crippen molar-refractivity contribution < 1.29 is 9.53 Å². The highest BCUT2D eigenvalue weighted by atomic mass is 16.5. The molecule has 1 aliphatic rings. The van der Waals surface area contributed by atoms with Gasteiger partial charge >= 0.3 is 0 Å². The molecule has 0 radical (unpaired) electrons. The quantitative estimate of drug-likeness (QED) is 0.742. The number of ether oxygens (including phenoxy) is 1. The van der Waals surface area contributed by atoms with Crippen LogP contribution in [0.4, 0.5) is 0 Å². The highest BCUT2D eigenvalue weighted by Crippen LogP contribution is 2.24. The maximum atomic E-state index is 12.8. The van der Waals surface area contributed by atoms with E-state index < -0.39 is 0 Å². The molecule has 1 aliphatic heterocycles. The Balaban J connectivity index is 1.61. The van der Waals surface area contributed by atoms with Gasteiger partial charge in [-0.25, -0.2) is 4.68 Å². The van der Waals surface area contributed by atoms with Crippen LogP contribution in [0.3, 0.4) is 0 Å². The molecule has 2 aromatic carbocycles. The highest BCUT2D eigenvalue weighted by molar-refractivity contribution is 5.93. The Morgan fingerprint density at radius 2 is 1.82 bits per heavy atom. The summed E-state index contributed by atoms with van der Waals surface area (Å²) in [5.41, 5.74) is 1.34. The number of aromatic nitrogens is 2. The zero-order chi connectivity index (χ0) is 19.3. The summed E-state index contributed by atoms with van der Waals surface area (Å²) in [7, 11) is 0. The molecule has 28 heavy (non-hydrogen) atoms. The van der Waals surface area contributed by atoms with Gasteiger partial charge in [0.05, 0.1) is 17.2 Å². The van der Waals surface area contributed by atoms with Crippen LogP contribution in [-0.2, 0) is 16.1 Å². The molecule has 1 unspecified atom stereocenters. The molecule has 0 spiro atoms. The Bertz CT molecular complexity index is 1020. The Morgan fingerprint density at radius 1 is 1.07 bits per heavy atom. The monoisotopic (exact) mass is 377 g/mol. The molecule has 0 bridgehead atoms. The van der Waals surface area contributed by atoms with E-state index in [1.165, 1.54) is 4.68 Å². The lowest BCUT2D eigenvalue weighted by Crippen LogP contribution is -2.39. The summed E-state index contributed by atoms with van der Waals surface area (Å²) in [5.74, 6) is -0.238. The zero-order valence-corrected chi connectivity index (χ0v) is 15.6. The number of fused-ring (bicyclic) bond motifs is 1. The summed E-state index contributed by atoms with van der Waals surface area (Å²) in [4.78, 5) is 25.3. The molecule has 2 heterocycles. The number of hydrogen-bond donors (Lipinski definition) is 1. The maximum Gasteiger partial charge on any atom is 0.275 e. The Labute approximate surface area is 163 Å². The van der Waals surface area contributed by atoms with E-state index in [0.29, 0.717) is 17.6 Å². The van der Waals surface area contributed by atoms with E-state index in [1.54, 1.807) is 6.07 Å². The Morgan fingerprint density at radius 3 is 2.57 bits per heavy atom. The fourth-order valence-electron chi connectivity index (χ4n) is 3.54. The van der Waals surface area contributed by atoms with Gasteiger partial charge in [-0.3, -0.25) is 9.59 Å². The van der Waals surface area contributed by atoms with Crippen LogP contribution in [0.1, 0.15) is 19.3 Å². The molecule has 1 N–H and O–H groups in total.